The largest absolute Gasteiger partial charge is 0.492 e. The molecule has 0 fully saturated rings. The van der Waals surface area contributed by atoms with Crippen LogP contribution in [0.15, 0.2) is 48.5 Å². The predicted molar refractivity (Wildman–Crippen MR) is 111 cm³/mol. The SMILES string of the molecule is CN(CCOc1ccc(CC(N)=O)cc1)CCc1ccc(NS(C)(=O)=O)cc1. The maximum atomic E-state index is 11.2. The molecule has 0 aliphatic carbocycles. The molecule has 2 aromatic carbocycles. The Morgan fingerprint density at radius 1 is 1.04 bits per heavy atom. The second-order valence-corrected chi connectivity index (χ2v) is 8.51. The van der Waals surface area contributed by atoms with E-state index in [1.54, 1.807) is 12.1 Å². The van der Waals surface area contributed by atoms with Gasteiger partial charge in [0.2, 0.25) is 15.9 Å². The van der Waals surface area contributed by atoms with Crippen LogP contribution in [0.5, 0.6) is 5.75 Å². The number of hydrogen-bond donors (Lipinski definition) is 2. The van der Waals surface area contributed by atoms with E-state index in [1.807, 2.05) is 43.4 Å². The van der Waals surface area contributed by atoms with Gasteiger partial charge in [0.05, 0.1) is 12.7 Å². The van der Waals surface area contributed by atoms with Crippen LogP contribution < -0.4 is 15.2 Å². The molecule has 0 aliphatic heterocycles. The Hall–Kier alpha value is -2.58. The molecule has 0 unspecified atom stereocenters. The Morgan fingerprint density at radius 3 is 2.21 bits per heavy atom. The lowest BCUT2D eigenvalue weighted by molar-refractivity contribution is -0.117. The van der Waals surface area contributed by atoms with Crippen molar-refractivity contribution in [3.05, 3.63) is 59.7 Å². The summed E-state index contributed by atoms with van der Waals surface area (Å²) in [6, 6.07) is 14.7. The number of nitrogens with one attached hydrogen (secondary N) is 1. The molecular weight excluding hydrogens is 378 g/mol. The Labute approximate surface area is 166 Å². The second kappa shape index (κ2) is 10.1. The summed E-state index contributed by atoms with van der Waals surface area (Å²) in [6.07, 6.45) is 2.22. The van der Waals surface area contributed by atoms with Crippen LogP contribution >= 0.6 is 0 Å². The molecule has 3 N–H and O–H groups in total. The van der Waals surface area contributed by atoms with Crippen LogP contribution in [0, 0.1) is 0 Å². The monoisotopic (exact) mass is 405 g/mol. The fourth-order valence-electron chi connectivity index (χ4n) is 2.61. The summed E-state index contributed by atoms with van der Waals surface area (Å²) in [5.74, 6) is 0.409. The number of amides is 1. The Balaban J connectivity index is 1.69. The topological polar surface area (TPSA) is 102 Å². The number of ether oxygens (including phenoxy) is 1. The summed E-state index contributed by atoms with van der Waals surface area (Å²) in [5.41, 5.74) is 7.75. The lowest BCUT2D eigenvalue weighted by Gasteiger charge is -2.17. The molecular formula is C20H27N3O4S. The minimum atomic E-state index is -3.25. The van der Waals surface area contributed by atoms with Gasteiger partial charge >= 0.3 is 0 Å². The number of rotatable bonds is 11. The number of likely N-dealkylation sites (N-methyl/N-ethyl adjacent to an activating group) is 1. The third-order valence-electron chi connectivity index (χ3n) is 4.08. The first kappa shape index (κ1) is 21.7. The molecule has 1 amide bonds. The minimum Gasteiger partial charge on any atom is -0.492 e. The first-order chi connectivity index (χ1) is 13.2. The molecule has 0 radical (unpaired) electrons. The van der Waals surface area contributed by atoms with Crippen molar-refractivity contribution in [3.8, 4) is 5.75 Å². The number of hydrogen-bond acceptors (Lipinski definition) is 5. The number of carbonyl (C=O) groups is 1. The maximum Gasteiger partial charge on any atom is 0.229 e. The molecule has 0 aromatic heterocycles. The van der Waals surface area contributed by atoms with E-state index in [0.717, 1.165) is 42.6 Å². The van der Waals surface area contributed by atoms with Crippen molar-refractivity contribution in [2.24, 2.45) is 5.73 Å². The van der Waals surface area contributed by atoms with Crippen LogP contribution in [-0.4, -0.2) is 52.2 Å². The van der Waals surface area contributed by atoms with Gasteiger partial charge in [0.25, 0.3) is 0 Å². The van der Waals surface area contributed by atoms with Gasteiger partial charge in [0.1, 0.15) is 12.4 Å². The Bertz CT molecular complexity index is 865. The summed E-state index contributed by atoms with van der Waals surface area (Å²) >= 11 is 0. The van der Waals surface area contributed by atoms with Crippen molar-refractivity contribution in [2.45, 2.75) is 12.8 Å². The van der Waals surface area contributed by atoms with Crippen molar-refractivity contribution in [2.75, 3.05) is 37.7 Å². The van der Waals surface area contributed by atoms with Crippen LogP contribution in [0.2, 0.25) is 0 Å². The fraction of sp³-hybridized carbons (Fsp3) is 0.350. The molecule has 7 nitrogen and oxygen atoms in total. The van der Waals surface area contributed by atoms with E-state index >= 15 is 0 Å². The maximum absolute atomic E-state index is 11.2. The molecule has 2 rings (SSSR count). The molecule has 0 heterocycles. The lowest BCUT2D eigenvalue weighted by atomic mass is 10.1. The minimum absolute atomic E-state index is 0.230. The average molecular weight is 406 g/mol. The lowest BCUT2D eigenvalue weighted by Crippen LogP contribution is -2.26. The number of benzene rings is 2. The van der Waals surface area contributed by atoms with E-state index in [-0.39, 0.29) is 12.3 Å². The van der Waals surface area contributed by atoms with Crippen molar-refractivity contribution in [1.82, 2.24) is 4.90 Å². The van der Waals surface area contributed by atoms with Crippen molar-refractivity contribution >= 4 is 21.6 Å². The predicted octanol–water partition coefficient (Wildman–Crippen LogP) is 1.64. The first-order valence-electron chi connectivity index (χ1n) is 8.96. The van der Waals surface area contributed by atoms with Crippen molar-refractivity contribution in [1.29, 1.82) is 0 Å². The Kier molecular flexibility index (Phi) is 7.83. The van der Waals surface area contributed by atoms with Crippen molar-refractivity contribution in [3.63, 3.8) is 0 Å². The highest BCUT2D eigenvalue weighted by molar-refractivity contribution is 7.92. The second-order valence-electron chi connectivity index (χ2n) is 6.76. The standard InChI is InChI=1S/C20H27N3O4S/c1-23(12-11-16-3-7-18(8-4-16)22-28(2,25)26)13-14-27-19-9-5-17(6-10-19)15-20(21)24/h3-10,22H,11-15H2,1-2H3,(H2,21,24). The average Bonchev–Trinajstić information content (AvgIpc) is 2.61. The molecule has 28 heavy (non-hydrogen) atoms. The van der Waals surface area contributed by atoms with Gasteiger partial charge in [-0.3, -0.25) is 9.52 Å². The normalized spacial score (nSPS) is 11.4. The zero-order valence-corrected chi connectivity index (χ0v) is 17.0. The number of carbonyl (C=O) groups excluding carboxylic acids is 1. The molecule has 0 bridgehead atoms. The van der Waals surface area contributed by atoms with Crippen LogP contribution in [-0.2, 0) is 27.7 Å². The highest BCUT2D eigenvalue weighted by Gasteiger charge is 2.04. The summed E-state index contributed by atoms with van der Waals surface area (Å²) in [5, 5.41) is 0. The number of nitrogens with zero attached hydrogens (tertiary/aromatic N) is 1. The van der Waals surface area contributed by atoms with E-state index in [9.17, 15) is 13.2 Å². The van der Waals surface area contributed by atoms with E-state index in [2.05, 4.69) is 9.62 Å². The highest BCUT2D eigenvalue weighted by Crippen LogP contribution is 2.13. The van der Waals surface area contributed by atoms with Crippen molar-refractivity contribution < 1.29 is 17.9 Å². The van der Waals surface area contributed by atoms with Gasteiger partial charge in [0.15, 0.2) is 0 Å². The van der Waals surface area contributed by atoms with Gasteiger partial charge in [-0.1, -0.05) is 24.3 Å². The zero-order chi connectivity index (χ0) is 20.6. The van der Waals surface area contributed by atoms with Gasteiger partial charge in [-0.15, -0.1) is 0 Å². The summed E-state index contributed by atoms with van der Waals surface area (Å²) in [7, 11) is -1.22. The summed E-state index contributed by atoms with van der Waals surface area (Å²) < 4.78 is 30.6. The molecule has 0 saturated heterocycles. The molecule has 152 valence electrons. The van der Waals surface area contributed by atoms with Crippen LogP contribution in [0.4, 0.5) is 5.69 Å². The van der Waals surface area contributed by atoms with E-state index in [4.69, 9.17) is 10.5 Å². The molecule has 0 aliphatic rings. The molecule has 0 spiro atoms. The van der Waals surface area contributed by atoms with Gasteiger partial charge in [-0.25, -0.2) is 8.42 Å². The molecule has 0 atom stereocenters. The van der Waals surface area contributed by atoms with Crippen LogP contribution in [0.25, 0.3) is 0 Å². The molecule has 8 heteroatoms. The smallest absolute Gasteiger partial charge is 0.229 e. The third-order valence-corrected chi connectivity index (χ3v) is 4.69. The van der Waals surface area contributed by atoms with Crippen LogP contribution in [0.1, 0.15) is 11.1 Å². The Morgan fingerprint density at radius 2 is 1.64 bits per heavy atom. The number of sulfonamides is 1. The van der Waals surface area contributed by atoms with Crippen LogP contribution in [0.3, 0.4) is 0 Å². The quantitative estimate of drug-likeness (QED) is 0.592. The fourth-order valence-corrected chi connectivity index (χ4v) is 3.17. The number of nitrogens with two attached hydrogens (primary N) is 1. The molecule has 0 saturated carbocycles. The van der Waals surface area contributed by atoms with Gasteiger partial charge < -0.3 is 15.4 Å². The number of primary amides is 1. The highest BCUT2D eigenvalue weighted by atomic mass is 32.2. The van der Waals surface area contributed by atoms with Gasteiger partial charge in [-0.2, -0.15) is 0 Å². The zero-order valence-electron chi connectivity index (χ0n) is 16.2. The van der Waals surface area contributed by atoms with E-state index < -0.39 is 10.0 Å². The summed E-state index contributed by atoms with van der Waals surface area (Å²) in [4.78, 5) is 13.1. The molecule has 2 aromatic rings. The first-order valence-corrected chi connectivity index (χ1v) is 10.9. The number of anilines is 1. The van der Waals surface area contributed by atoms with E-state index in [0.29, 0.717) is 12.3 Å². The van der Waals surface area contributed by atoms with Gasteiger partial charge in [0, 0.05) is 18.8 Å². The van der Waals surface area contributed by atoms with Gasteiger partial charge in [-0.05, 0) is 48.9 Å². The summed E-state index contributed by atoms with van der Waals surface area (Å²) in [6.45, 7) is 2.19. The van der Waals surface area contributed by atoms with E-state index in [1.165, 1.54) is 0 Å². The third kappa shape index (κ3) is 8.41.